The Hall–Kier alpha value is -1.53. The highest BCUT2D eigenvalue weighted by Crippen LogP contribution is 2.33. The molecule has 1 saturated heterocycles. The molecule has 2 N–H and O–H groups in total. The molecule has 1 fully saturated rings. The molecule has 1 aromatic carbocycles. The minimum atomic E-state index is 0.132. The van der Waals surface area contributed by atoms with Gasteiger partial charge in [-0.15, -0.1) is 0 Å². The van der Waals surface area contributed by atoms with Crippen molar-refractivity contribution in [1.29, 1.82) is 0 Å². The van der Waals surface area contributed by atoms with Gasteiger partial charge in [-0.05, 0) is 34.1 Å². The monoisotopic (exact) mass is 351 g/mol. The zero-order valence-electron chi connectivity index (χ0n) is 12.1. The summed E-state index contributed by atoms with van der Waals surface area (Å²) in [6, 6.07) is 7.79. The predicted molar refractivity (Wildman–Crippen MR) is 85.2 cm³/mol. The first-order valence-corrected chi connectivity index (χ1v) is 7.56. The van der Waals surface area contributed by atoms with Crippen LogP contribution in [-0.2, 0) is 11.8 Å². The highest BCUT2D eigenvalue weighted by atomic mass is 79.9. The first kappa shape index (κ1) is 14.4. The van der Waals surface area contributed by atoms with Gasteiger partial charge in [0.05, 0.1) is 30.0 Å². The van der Waals surface area contributed by atoms with E-state index in [9.17, 15) is 0 Å². The van der Waals surface area contributed by atoms with E-state index in [1.54, 1.807) is 4.68 Å². The van der Waals surface area contributed by atoms with Gasteiger partial charge in [-0.3, -0.25) is 4.68 Å². The molecule has 1 aliphatic rings. The second kappa shape index (κ2) is 5.35. The molecule has 0 aliphatic carbocycles. The molecule has 5 nitrogen and oxygen atoms in total. The number of nitrogen functional groups attached to an aromatic ring is 1. The summed E-state index contributed by atoms with van der Waals surface area (Å²) in [6.07, 6.45) is 0. The Morgan fingerprint density at radius 2 is 2.19 bits per heavy atom. The number of nitrogens with zero attached hydrogens (tertiary/aromatic N) is 2. The Bertz CT molecular complexity index is 645. The van der Waals surface area contributed by atoms with E-state index in [4.69, 9.17) is 15.2 Å². The third-order valence-corrected chi connectivity index (χ3v) is 4.24. The van der Waals surface area contributed by atoms with Gasteiger partial charge in [0.15, 0.2) is 0 Å². The van der Waals surface area contributed by atoms with E-state index in [1.807, 2.05) is 31.3 Å². The van der Waals surface area contributed by atoms with Gasteiger partial charge in [0, 0.05) is 24.1 Å². The number of anilines is 1. The fourth-order valence-electron chi connectivity index (χ4n) is 2.19. The van der Waals surface area contributed by atoms with E-state index in [0.29, 0.717) is 12.4 Å². The highest BCUT2D eigenvalue weighted by molar-refractivity contribution is 9.10. The summed E-state index contributed by atoms with van der Waals surface area (Å²) < 4.78 is 13.7. The van der Waals surface area contributed by atoms with Gasteiger partial charge in [-0.1, -0.05) is 6.92 Å². The Morgan fingerprint density at radius 3 is 2.71 bits per heavy atom. The quantitative estimate of drug-likeness (QED) is 0.919. The maximum Gasteiger partial charge on any atom is 0.133 e. The van der Waals surface area contributed by atoms with Crippen LogP contribution in [0.3, 0.4) is 0 Å². The predicted octanol–water partition coefficient (Wildman–Crippen LogP) is 2.85. The van der Waals surface area contributed by atoms with E-state index >= 15 is 0 Å². The molecule has 0 bridgehead atoms. The van der Waals surface area contributed by atoms with Gasteiger partial charge in [0.25, 0.3) is 0 Å². The maximum atomic E-state index is 5.89. The van der Waals surface area contributed by atoms with Gasteiger partial charge in [-0.25, -0.2) is 0 Å². The number of hydrogen-bond acceptors (Lipinski definition) is 4. The van der Waals surface area contributed by atoms with Crippen molar-refractivity contribution < 1.29 is 9.47 Å². The van der Waals surface area contributed by atoms with Crippen LogP contribution in [0.4, 0.5) is 5.82 Å². The molecule has 0 saturated carbocycles. The van der Waals surface area contributed by atoms with Gasteiger partial charge in [0.2, 0.25) is 0 Å². The topological polar surface area (TPSA) is 62.3 Å². The van der Waals surface area contributed by atoms with Crippen LogP contribution in [0.2, 0.25) is 0 Å². The number of halogens is 1. The average molecular weight is 352 g/mol. The van der Waals surface area contributed by atoms with Crippen LogP contribution in [0.15, 0.2) is 28.7 Å². The zero-order chi connectivity index (χ0) is 15.0. The number of rotatable bonds is 4. The smallest absolute Gasteiger partial charge is 0.133 e. The van der Waals surface area contributed by atoms with Crippen molar-refractivity contribution in [3.8, 4) is 17.0 Å². The van der Waals surface area contributed by atoms with Crippen LogP contribution in [0.5, 0.6) is 5.75 Å². The molecular weight excluding hydrogens is 334 g/mol. The van der Waals surface area contributed by atoms with Gasteiger partial charge >= 0.3 is 0 Å². The first-order valence-electron chi connectivity index (χ1n) is 6.77. The van der Waals surface area contributed by atoms with Crippen LogP contribution >= 0.6 is 15.9 Å². The molecule has 2 heterocycles. The largest absolute Gasteiger partial charge is 0.492 e. The number of benzene rings is 1. The molecule has 0 unspecified atom stereocenters. The summed E-state index contributed by atoms with van der Waals surface area (Å²) >= 11 is 3.56. The molecular formula is C15H18BrN3O2. The van der Waals surface area contributed by atoms with Crippen molar-refractivity contribution in [3.05, 3.63) is 28.7 Å². The van der Waals surface area contributed by atoms with Crippen LogP contribution in [-0.4, -0.2) is 29.6 Å². The molecule has 1 aliphatic heterocycles. The molecule has 6 heteroatoms. The molecule has 0 spiro atoms. The SMILES string of the molecule is Cn1nc(-c2ccc(OCC3(C)COC3)c(Br)c2)cc1N. The lowest BCUT2D eigenvalue weighted by Crippen LogP contribution is -2.44. The third kappa shape index (κ3) is 2.91. The molecule has 2 aromatic rings. The molecule has 0 amide bonds. The Morgan fingerprint density at radius 1 is 1.43 bits per heavy atom. The van der Waals surface area contributed by atoms with Crippen molar-refractivity contribution in [1.82, 2.24) is 9.78 Å². The molecule has 1 aromatic heterocycles. The number of hydrogen-bond donors (Lipinski definition) is 1. The van der Waals surface area contributed by atoms with E-state index in [0.717, 1.165) is 34.7 Å². The van der Waals surface area contributed by atoms with Crippen LogP contribution in [0.25, 0.3) is 11.3 Å². The molecule has 21 heavy (non-hydrogen) atoms. The molecule has 3 rings (SSSR count). The Kier molecular flexibility index (Phi) is 3.67. The van der Waals surface area contributed by atoms with Crippen LogP contribution in [0, 0.1) is 5.41 Å². The normalized spacial score (nSPS) is 16.5. The first-order chi connectivity index (χ1) is 9.97. The van der Waals surface area contributed by atoms with E-state index in [-0.39, 0.29) is 5.41 Å². The number of aryl methyl sites for hydroxylation is 1. The van der Waals surface area contributed by atoms with Crippen molar-refractivity contribution in [2.45, 2.75) is 6.92 Å². The second-order valence-corrected chi connectivity index (χ2v) is 6.67. The Labute approximate surface area is 132 Å². The van der Waals surface area contributed by atoms with Gasteiger partial charge in [0.1, 0.15) is 11.6 Å². The van der Waals surface area contributed by atoms with Crippen LogP contribution in [0.1, 0.15) is 6.92 Å². The lowest BCUT2D eigenvalue weighted by atomic mass is 9.90. The standard InChI is InChI=1S/C15H18BrN3O2/c1-15(7-20-8-15)9-21-13-4-3-10(5-11(13)16)12-6-14(17)19(2)18-12/h3-6H,7-9,17H2,1-2H3. The van der Waals surface area contributed by atoms with Crippen molar-refractivity contribution in [2.24, 2.45) is 12.5 Å². The maximum absolute atomic E-state index is 5.89. The van der Waals surface area contributed by atoms with Crippen molar-refractivity contribution in [2.75, 3.05) is 25.6 Å². The lowest BCUT2D eigenvalue weighted by molar-refractivity contribution is -0.120. The van der Waals surface area contributed by atoms with E-state index in [1.165, 1.54) is 0 Å². The van der Waals surface area contributed by atoms with Gasteiger partial charge < -0.3 is 15.2 Å². The second-order valence-electron chi connectivity index (χ2n) is 5.82. The zero-order valence-corrected chi connectivity index (χ0v) is 13.7. The fraction of sp³-hybridized carbons (Fsp3) is 0.400. The van der Waals surface area contributed by atoms with Crippen molar-refractivity contribution >= 4 is 21.7 Å². The minimum Gasteiger partial charge on any atom is -0.492 e. The summed E-state index contributed by atoms with van der Waals surface area (Å²) in [7, 11) is 1.83. The summed E-state index contributed by atoms with van der Waals surface area (Å²) in [5.74, 6) is 1.47. The van der Waals surface area contributed by atoms with Gasteiger partial charge in [-0.2, -0.15) is 5.10 Å². The third-order valence-electron chi connectivity index (χ3n) is 3.62. The molecule has 0 atom stereocenters. The fourth-order valence-corrected chi connectivity index (χ4v) is 2.68. The number of ether oxygens (including phenoxy) is 2. The molecule has 112 valence electrons. The van der Waals surface area contributed by atoms with Crippen molar-refractivity contribution in [3.63, 3.8) is 0 Å². The minimum absolute atomic E-state index is 0.132. The molecule has 0 radical (unpaired) electrons. The van der Waals surface area contributed by atoms with Crippen LogP contribution < -0.4 is 10.5 Å². The number of nitrogens with two attached hydrogens (primary N) is 1. The number of aromatic nitrogens is 2. The average Bonchev–Trinajstić information content (AvgIpc) is 2.75. The summed E-state index contributed by atoms with van der Waals surface area (Å²) in [5.41, 5.74) is 7.80. The Balaban J connectivity index is 1.76. The summed E-state index contributed by atoms with van der Waals surface area (Å²) in [6.45, 7) is 4.34. The lowest BCUT2D eigenvalue weighted by Gasteiger charge is -2.37. The van der Waals surface area contributed by atoms with E-state index in [2.05, 4.69) is 28.0 Å². The summed E-state index contributed by atoms with van der Waals surface area (Å²) in [5, 5.41) is 4.37. The summed E-state index contributed by atoms with van der Waals surface area (Å²) in [4.78, 5) is 0. The van der Waals surface area contributed by atoms with E-state index < -0.39 is 0 Å². The highest BCUT2D eigenvalue weighted by Gasteiger charge is 2.34.